The molecular weight excluding hydrogens is 210 g/mol. The zero-order chi connectivity index (χ0) is 12.4. The number of nitrogens with zero attached hydrogens (tertiary/aromatic N) is 2. The largest absolute Gasteiger partial charge is 0.325 e. The molecular formula is C14H18N3+. The fourth-order valence-electron chi connectivity index (χ4n) is 2.20. The summed E-state index contributed by atoms with van der Waals surface area (Å²) in [6.45, 7) is 6.39. The molecule has 0 saturated carbocycles. The molecule has 0 saturated heterocycles. The smallest absolute Gasteiger partial charge is 0.269 e. The number of nitrogens with two attached hydrogens (primary N) is 1. The van der Waals surface area contributed by atoms with E-state index in [1.807, 2.05) is 12.3 Å². The molecule has 2 N–H and O–H groups in total. The molecule has 1 aromatic carbocycles. The zero-order valence-electron chi connectivity index (χ0n) is 10.6. The van der Waals surface area contributed by atoms with Gasteiger partial charge < -0.3 is 0 Å². The van der Waals surface area contributed by atoms with E-state index in [-0.39, 0.29) is 0 Å². The minimum atomic E-state index is 0.773. The van der Waals surface area contributed by atoms with Crippen LogP contribution < -0.4 is 10.5 Å². The van der Waals surface area contributed by atoms with Crippen LogP contribution in [0.5, 0.6) is 0 Å². The Bertz CT molecular complexity index is 524. The quantitative estimate of drug-likeness (QED) is 0.626. The molecule has 0 spiro atoms. The van der Waals surface area contributed by atoms with Gasteiger partial charge in [0.2, 0.25) is 0 Å². The van der Waals surface area contributed by atoms with Gasteiger partial charge in [-0.25, -0.2) is 0 Å². The number of rotatable bonds is 2. The van der Waals surface area contributed by atoms with E-state index in [1.54, 1.807) is 10.9 Å². The molecule has 88 valence electrons. The molecule has 3 nitrogen and oxygen atoms in total. The van der Waals surface area contributed by atoms with E-state index in [4.69, 9.17) is 5.84 Å². The van der Waals surface area contributed by atoms with Crippen molar-refractivity contribution in [3.63, 3.8) is 0 Å². The predicted molar refractivity (Wildman–Crippen MR) is 68.0 cm³/mol. The Morgan fingerprint density at radius 1 is 1.18 bits per heavy atom. The molecule has 3 heteroatoms. The third-order valence-electron chi connectivity index (χ3n) is 3.03. The van der Waals surface area contributed by atoms with Crippen molar-refractivity contribution in [2.24, 2.45) is 0 Å². The topological polar surface area (TPSA) is 42.8 Å². The summed E-state index contributed by atoms with van der Waals surface area (Å²) in [5.74, 6) is 6.73. The maximum absolute atomic E-state index is 5.85. The van der Waals surface area contributed by atoms with Crippen LogP contribution in [-0.4, -0.2) is 4.98 Å². The first-order valence-corrected chi connectivity index (χ1v) is 5.75. The van der Waals surface area contributed by atoms with Gasteiger partial charge in [0.25, 0.3) is 0 Å². The molecule has 17 heavy (non-hydrogen) atoms. The fourth-order valence-corrected chi connectivity index (χ4v) is 2.20. The van der Waals surface area contributed by atoms with E-state index < -0.39 is 0 Å². The lowest BCUT2D eigenvalue weighted by atomic mass is 9.97. The Morgan fingerprint density at radius 2 is 1.82 bits per heavy atom. The number of aromatic nitrogens is 2. The predicted octanol–water partition coefficient (Wildman–Crippen LogP) is 1.60. The molecule has 0 unspecified atom stereocenters. The maximum atomic E-state index is 5.85. The minimum absolute atomic E-state index is 0.773. The fraction of sp³-hybridized carbons (Fsp3) is 0.286. The van der Waals surface area contributed by atoms with Gasteiger partial charge in [0.15, 0.2) is 0 Å². The van der Waals surface area contributed by atoms with Gasteiger partial charge in [-0.15, -0.1) is 4.68 Å². The highest BCUT2D eigenvalue weighted by molar-refractivity contribution is 5.38. The van der Waals surface area contributed by atoms with Crippen molar-refractivity contribution in [1.29, 1.82) is 0 Å². The van der Waals surface area contributed by atoms with Crippen molar-refractivity contribution in [2.45, 2.75) is 27.2 Å². The summed E-state index contributed by atoms with van der Waals surface area (Å²) < 4.78 is 1.58. The van der Waals surface area contributed by atoms with Crippen LogP contribution >= 0.6 is 0 Å². The van der Waals surface area contributed by atoms with Crippen molar-refractivity contribution in [2.75, 3.05) is 5.84 Å². The van der Waals surface area contributed by atoms with Gasteiger partial charge in [0, 0.05) is 6.07 Å². The monoisotopic (exact) mass is 228 g/mol. The molecule has 1 aromatic heterocycles. The van der Waals surface area contributed by atoms with E-state index >= 15 is 0 Å². The van der Waals surface area contributed by atoms with E-state index in [0.717, 1.165) is 12.2 Å². The first-order valence-electron chi connectivity index (χ1n) is 5.75. The summed E-state index contributed by atoms with van der Waals surface area (Å²) in [6, 6.07) is 6.23. The summed E-state index contributed by atoms with van der Waals surface area (Å²) in [5.41, 5.74) is 5.21. The molecule has 0 aliphatic carbocycles. The van der Waals surface area contributed by atoms with E-state index in [1.165, 1.54) is 22.3 Å². The van der Waals surface area contributed by atoms with Gasteiger partial charge in [-0.3, -0.25) is 5.84 Å². The molecule has 2 rings (SSSR count). The van der Waals surface area contributed by atoms with Crippen molar-refractivity contribution in [1.82, 2.24) is 4.98 Å². The standard InChI is InChI=1S/C14H18N3/c1-10-7-11(2)13(12(3)8-10)9-14-16-5-4-6-17(14)15/h4-8H,9,15H2,1-3H3/q+1. The normalized spacial score (nSPS) is 10.5. The summed E-state index contributed by atoms with van der Waals surface area (Å²) in [7, 11) is 0. The van der Waals surface area contributed by atoms with Crippen LogP contribution in [0.25, 0.3) is 0 Å². The van der Waals surface area contributed by atoms with Gasteiger partial charge >= 0.3 is 5.82 Å². The maximum Gasteiger partial charge on any atom is 0.325 e. The van der Waals surface area contributed by atoms with Gasteiger partial charge in [0.1, 0.15) is 12.4 Å². The summed E-state index contributed by atoms with van der Waals surface area (Å²) in [4.78, 5) is 4.32. The van der Waals surface area contributed by atoms with Gasteiger partial charge in [0.05, 0.1) is 6.42 Å². The molecule has 0 amide bonds. The lowest BCUT2D eigenvalue weighted by molar-refractivity contribution is -0.650. The molecule has 0 radical (unpaired) electrons. The van der Waals surface area contributed by atoms with Crippen LogP contribution in [0.1, 0.15) is 28.1 Å². The molecule has 1 heterocycles. The molecule has 0 aliphatic heterocycles. The Kier molecular flexibility index (Phi) is 3.09. The Labute approximate surface area is 102 Å². The molecule has 2 aromatic rings. The third-order valence-corrected chi connectivity index (χ3v) is 3.03. The average molecular weight is 228 g/mol. The van der Waals surface area contributed by atoms with Crippen LogP contribution in [-0.2, 0) is 6.42 Å². The second kappa shape index (κ2) is 4.53. The number of aryl methyl sites for hydroxylation is 3. The van der Waals surface area contributed by atoms with Gasteiger partial charge in [-0.2, -0.15) is 0 Å². The molecule has 0 atom stereocenters. The van der Waals surface area contributed by atoms with Crippen LogP contribution in [0.15, 0.2) is 30.6 Å². The minimum Gasteiger partial charge on any atom is -0.269 e. The lowest BCUT2D eigenvalue weighted by Gasteiger charge is -2.09. The van der Waals surface area contributed by atoms with Gasteiger partial charge in [-0.05, 0) is 37.5 Å². The number of benzene rings is 1. The number of hydrogen-bond donors (Lipinski definition) is 1. The van der Waals surface area contributed by atoms with Crippen molar-refractivity contribution >= 4 is 0 Å². The van der Waals surface area contributed by atoms with E-state index in [2.05, 4.69) is 37.9 Å². The Morgan fingerprint density at radius 3 is 2.41 bits per heavy atom. The Hall–Kier alpha value is -1.90. The summed E-state index contributed by atoms with van der Waals surface area (Å²) in [6.07, 6.45) is 4.37. The van der Waals surface area contributed by atoms with E-state index in [9.17, 15) is 0 Å². The summed E-state index contributed by atoms with van der Waals surface area (Å²) in [5, 5.41) is 0. The van der Waals surface area contributed by atoms with E-state index in [0.29, 0.717) is 0 Å². The number of nitrogen functional groups attached to an aromatic ring is 1. The third kappa shape index (κ3) is 2.44. The first-order chi connectivity index (χ1) is 8.08. The van der Waals surface area contributed by atoms with Crippen LogP contribution in [0.4, 0.5) is 0 Å². The molecule has 0 fully saturated rings. The lowest BCUT2D eigenvalue weighted by Crippen LogP contribution is -2.48. The zero-order valence-corrected chi connectivity index (χ0v) is 10.6. The second-order valence-electron chi connectivity index (χ2n) is 4.50. The molecule has 0 aliphatic rings. The first kappa shape index (κ1) is 11.6. The van der Waals surface area contributed by atoms with Crippen molar-refractivity contribution < 1.29 is 4.68 Å². The Balaban J connectivity index is 2.40. The van der Waals surface area contributed by atoms with Gasteiger partial charge in [-0.1, -0.05) is 22.7 Å². The van der Waals surface area contributed by atoms with Crippen LogP contribution in [0.2, 0.25) is 0 Å². The average Bonchev–Trinajstić information content (AvgIpc) is 2.25. The number of hydrogen-bond acceptors (Lipinski definition) is 2. The van der Waals surface area contributed by atoms with Crippen LogP contribution in [0, 0.1) is 20.8 Å². The highest BCUT2D eigenvalue weighted by Crippen LogP contribution is 2.18. The highest BCUT2D eigenvalue weighted by atomic mass is 15.3. The van der Waals surface area contributed by atoms with Crippen molar-refractivity contribution in [3.05, 3.63) is 58.7 Å². The van der Waals surface area contributed by atoms with Crippen LogP contribution in [0.3, 0.4) is 0 Å². The SMILES string of the molecule is Cc1cc(C)c(Cc2nccc[n+]2N)c(C)c1. The molecule has 0 bridgehead atoms. The highest BCUT2D eigenvalue weighted by Gasteiger charge is 2.13. The van der Waals surface area contributed by atoms with Crippen molar-refractivity contribution in [3.8, 4) is 0 Å². The second-order valence-corrected chi connectivity index (χ2v) is 4.50. The summed E-state index contributed by atoms with van der Waals surface area (Å²) >= 11 is 0.